The van der Waals surface area contributed by atoms with E-state index < -0.39 is 10.8 Å². The van der Waals surface area contributed by atoms with Gasteiger partial charge in [-0.05, 0) is 5.41 Å². The number of aliphatic carboxylic acids is 1. The van der Waals surface area contributed by atoms with E-state index in [1.54, 1.807) is 0 Å². The molecule has 1 unspecified atom stereocenters. The third-order valence-corrected chi connectivity index (χ3v) is 2.11. The maximum absolute atomic E-state index is 11.2. The number of carbonyl (C=O) groups excluding carboxylic acids is 1. The van der Waals surface area contributed by atoms with Crippen molar-refractivity contribution in [3.63, 3.8) is 0 Å². The van der Waals surface area contributed by atoms with E-state index in [0.29, 0.717) is 0 Å². The molecule has 0 saturated carbocycles. The molecule has 1 N–H and O–H groups in total. The van der Waals surface area contributed by atoms with E-state index >= 15 is 0 Å². The average Bonchev–Trinajstić information content (AvgIpc) is 1.82. The van der Waals surface area contributed by atoms with Crippen molar-refractivity contribution in [1.82, 2.24) is 0 Å². The topological polar surface area (TPSA) is 54.4 Å². The SMILES string of the molecule is CC(C)(C)CC(=O)C(Br)C(=O)O. The standard InChI is InChI=1S/C8H13BrO3/c1-8(2,3)4-5(10)6(9)7(11)12/h6H,4H2,1-3H3,(H,11,12). The third kappa shape index (κ3) is 4.49. The molecule has 1 atom stereocenters. The molecule has 0 spiro atoms. The van der Waals surface area contributed by atoms with Crippen molar-refractivity contribution in [2.75, 3.05) is 0 Å². The molecule has 4 heteroatoms. The summed E-state index contributed by atoms with van der Waals surface area (Å²) in [5.74, 6) is -1.40. The van der Waals surface area contributed by atoms with Gasteiger partial charge in [0.15, 0.2) is 10.6 Å². The number of carboxylic acid groups (broad SMARTS) is 1. The number of hydrogen-bond acceptors (Lipinski definition) is 2. The lowest BCUT2D eigenvalue weighted by Gasteiger charge is -2.17. The second kappa shape index (κ2) is 4.03. The molecule has 12 heavy (non-hydrogen) atoms. The number of alkyl halides is 1. The molecule has 0 aromatic carbocycles. The number of hydrogen-bond donors (Lipinski definition) is 1. The first-order chi connectivity index (χ1) is 5.24. The van der Waals surface area contributed by atoms with E-state index in [2.05, 4.69) is 15.9 Å². The zero-order valence-corrected chi connectivity index (χ0v) is 9.01. The highest BCUT2D eigenvalue weighted by Crippen LogP contribution is 2.21. The minimum Gasteiger partial charge on any atom is -0.480 e. The fourth-order valence-electron chi connectivity index (χ4n) is 0.750. The Kier molecular flexibility index (Phi) is 3.90. The Hall–Kier alpha value is -0.380. The van der Waals surface area contributed by atoms with Gasteiger partial charge in [-0.25, -0.2) is 0 Å². The molecule has 3 nitrogen and oxygen atoms in total. The molecule has 0 heterocycles. The van der Waals surface area contributed by atoms with Crippen LogP contribution in [0.1, 0.15) is 27.2 Å². The van der Waals surface area contributed by atoms with Crippen LogP contribution in [-0.2, 0) is 9.59 Å². The molecule has 0 radical (unpaired) electrons. The van der Waals surface area contributed by atoms with Crippen molar-refractivity contribution in [2.45, 2.75) is 32.0 Å². The van der Waals surface area contributed by atoms with Gasteiger partial charge >= 0.3 is 5.97 Å². The zero-order valence-electron chi connectivity index (χ0n) is 7.43. The molecule has 0 aromatic rings. The van der Waals surface area contributed by atoms with Gasteiger partial charge in [0.2, 0.25) is 0 Å². The molecule has 0 bridgehead atoms. The molecule has 0 aliphatic carbocycles. The highest BCUT2D eigenvalue weighted by Gasteiger charge is 2.26. The predicted octanol–water partition coefficient (Wildman–Crippen LogP) is 1.84. The molecule has 0 aliphatic heterocycles. The van der Waals surface area contributed by atoms with Gasteiger partial charge in [0.25, 0.3) is 0 Å². The largest absolute Gasteiger partial charge is 0.480 e. The Morgan fingerprint density at radius 1 is 1.42 bits per heavy atom. The fourth-order valence-corrected chi connectivity index (χ4v) is 0.912. The van der Waals surface area contributed by atoms with Crippen LogP contribution in [0.3, 0.4) is 0 Å². The lowest BCUT2D eigenvalue weighted by Crippen LogP contribution is -2.27. The van der Waals surface area contributed by atoms with Crippen LogP contribution in [0.4, 0.5) is 0 Å². The van der Waals surface area contributed by atoms with Crippen LogP contribution < -0.4 is 0 Å². The van der Waals surface area contributed by atoms with Gasteiger partial charge in [0, 0.05) is 6.42 Å². The van der Waals surface area contributed by atoms with Crippen LogP contribution in [0.25, 0.3) is 0 Å². The van der Waals surface area contributed by atoms with Gasteiger partial charge < -0.3 is 5.11 Å². The smallest absolute Gasteiger partial charge is 0.324 e. The number of halogens is 1. The van der Waals surface area contributed by atoms with Crippen molar-refractivity contribution in [3.8, 4) is 0 Å². The molecule has 0 rings (SSSR count). The molecule has 0 amide bonds. The Morgan fingerprint density at radius 3 is 2.08 bits per heavy atom. The summed E-state index contributed by atoms with van der Waals surface area (Å²) in [7, 11) is 0. The van der Waals surface area contributed by atoms with Gasteiger partial charge in [0.1, 0.15) is 0 Å². The molecular weight excluding hydrogens is 224 g/mol. The number of Topliss-reactive ketones (excluding diaryl/α,β-unsaturated/α-hetero) is 1. The monoisotopic (exact) mass is 236 g/mol. The molecule has 0 fully saturated rings. The highest BCUT2D eigenvalue weighted by molar-refractivity contribution is 9.10. The zero-order chi connectivity index (χ0) is 9.94. The van der Waals surface area contributed by atoms with E-state index in [0.717, 1.165) is 0 Å². The van der Waals surface area contributed by atoms with E-state index in [1.165, 1.54) is 0 Å². The van der Waals surface area contributed by atoms with Gasteiger partial charge in [-0.3, -0.25) is 9.59 Å². The lowest BCUT2D eigenvalue weighted by molar-refractivity contribution is -0.139. The number of ketones is 1. The van der Waals surface area contributed by atoms with E-state index in [-0.39, 0.29) is 17.6 Å². The maximum atomic E-state index is 11.2. The number of rotatable bonds is 3. The second-order valence-corrected chi connectivity index (χ2v) is 4.82. The first kappa shape index (κ1) is 11.6. The van der Waals surface area contributed by atoms with Crippen LogP contribution >= 0.6 is 15.9 Å². The van der Waals surface area contributed by atoms with Crippen LogP contribution in [0.5, 0.6) is 0 Å². The van der Waals surface area contributed by atoms with Gasteiger partial charge in [0.05, 0.1) is 0 Å². The van der Waals surface area contributed by atoms with Crippen LogP contribution in [0, 0.1) is 5.41 Å². The third-order valence-electron chi connectivity index (χ3n) is 1.20. The first-order valence-electron chi connectivity index (χ1n) is 3.63. The Labute approximate surface area is 80.3 Å². The van der Waals surface area contributed by atoms with E-state index in [4.69, 9.17) is 5.11 Å². The summed E-state index contributed by atoms with van der Waals surface area (Å²) in [5, 5.41) is 8.48. The quantitative estimate of drug-likeness (QED) is 0.601. The summed E-state index contributed by atoms with van der Waals surface area (Å²) >= 11 is 2.81. The minimum absolute atomic E-state index is 0.154. The Balaban J connectivity index is 4.15. The fraction of sp³-hybridized carbons (Fsp3) is 0.750. The molecular formula is C8H13BrO3. The number of carboxylic acids is 1. The van der Waals surface area contributed by atoms with Crippen LogP contribution in [-0.4, -0.2) is 21.7 Å². The minimum atomic E-state index is -1.12. The van der Waals surface area contributed by atoms with Gasteiger partial charge in [-0.1, -0.05) is 36.7 Å². The summed E-state index contributed by atoms with van der Waals surface area (Å²) in [4.78, 5) is 20.5. The first-order valence-corrected chi connectivity index (χ1v) is 4.55. The van der Waals surface area contributed by atoms with Crippen LogP contribution in [0.15, 0.2) is 0 Å². The van der Waals surface area contributed by atoms with Gasteiger partial charge in [-0.15, -0.1) is 0 Å². The van der Waals surface area contributed by atoms with Crippen molar-refractivity contribution in [1.29, 1.82) is 0 Å². The van der Waals surface area contributed by atoms with E-state index in [1.807, 2.05) is 20.8 Å². The molecule has 70 valence electrons. The average molecular weight is 237 g/mol. The van der Waals surface area contributed by atoms with Gasteiger partial charge in [-0.2, -0.15) is 0 Å². The Morgan fingerprint density at radius 2 is 1.83 bits per heavy atom. The predicted molar refractivity (Wildman–Crippen MR) is 49.4 cm³/mol. The molecule has 0 aromatic heterocycles. The highest BCUT2D eigenvalue weighted by atomic mass is 79.9. The van der Waals surface area contributed by atoms with Crippen molar-refractivity contribution >= 4 is 27.7 Å². The summed E-state index contributed by atoms with van der Waals surface area (Å²) in [6.45, 7) is 5.69. The Bertz CT molecular complexity index is 193. The molecule has 0 aliphatic rings. The summed E-state index contributed by atoms with van der Waals surface area (Å²) in [5.41, 5.74) is -0.154. The molecule has 0 saturated heterocycles. The summed E-state index contributed by atoms with van der Waals surface area (Å²) in [6, 6.07) is 0. The summed E-state index contributed by atoms with van der Waals surface area (Å²) < 4.78 is 0. The van der Waals surface area contributed by atoms with Crippen molar-refractivity contribution in [3.05, 3.63) is 0 Å². The van der Waals surface area contributed by atoms with Crippen LogP contribution in [0.2, 0.25) is 0 Å². The summed E-state index contributed by atoms with van der Waals surface area (Å²) in [6.07, 6.45) is 0.273. The normalized spacial score (nSPS) is 14.0. The lowest BCUT2D eigenvalue weighted by atomic mass is 9.89. The second-order valence-electron chi connectivity index (χ2n) is 3.90. The van der Waals surface area contributed by atoms with Crippen molar-refractivity contribution < 1.29 is 14.7 Å². The number of carbonyl (C=O) groups is 2. The van der Waals surface area contributed by atoms with Crippen molar-refractivity contribution in [2.24, 2.45) is 5.41 Å². The van der Waals surface area contributed by atoms with E-state index in [9.17, 15) is 9.59 Å². The maximum Gasteiger partial charge on any atom is 0.324 e.